The van der Waals surface area contributed by atoms with E-state index >= 15 is 0 Å². The van der Waals surface area contributed by atoms with Crippen molar-refractivity contribution in [1.29, 1.82) is 0 Å². The zero-order valence-corrected chi connectivity index (χ0v) is 13.7. The second-order valence-electron chi connectivity index (χ2n) is 4.92. The third kappa shape index (κ3) is 4.13. The highest BCUT2D eigenvalue weighted by Crippen LogP contribution is 2.15. The average molecular weight is 334 g/mol. The van der Waals surface area contributed by atoms with Gasteiger partial charge in [-0.05, 0) is 24.5 Å². The van der Waals surface area contributed by atoms with E-state index in [9.17, 15) is 14.4 Å². The van der Waals surface area contributed by atoms with Crippen molar-refractivity contribution in [2.24, 2.45) is 0 Å². The third-order valence-corrected chi connectivity index (χ3v) is 4.04. The van der Waals surface area contributed by atoms with Crippen LogP contribution in [-0.4, -0.2) is 42.0 Å². The van der Waals surface area contributed by atoms with Crippen LogP contribution >= 0.6 is 11.8 Å². The van der Waals surface area contributed by atoms with Gasteiger partial charge >= 0.3 is 5.97 Å². The molecule has 0 radical (unpaired) electrons. The summed E-state index contributed by atoms with van der Waals surface area (Å²) < 4.78 is 4.73. The van der Waals surface area contributed by atoms with Gasteiger partial charge in [0.05, 0.1) is 12.7 Å². The molecular formula is C16H18N2O4S. The maximum absolute atomic E-state index is 12.5. The van der Waals surface area contributed by atoms with Crippen molar-refractivity contribution in [1.82, 2.24) is 10.3 Å². The van der Waals surface area contributed by atoms with Crippen molar-refractivity contribution in [3.8, 4) is 0 Å². The lowest BCUT2D eigenvalue weighted by Crippen LogP contribution is -2.42. The Morgan fingerprint density at radius 1 is 1.35 bits per heavy atom. The molecule has 0 saturated carbocycles. The predicted molar refractivity (Wildman–Crippen MR) is 90.8 cm³/mol. The fourth-order valence-corrected chi connectivity index (χ4v) is 2.73. The van der Waals surface area contributed by atoms with Gasteiger partial charge in [-0.1, -0.05) is 18.2 Å². The second-order valence-corrected chi connectivity index (χ2v) is 5.91. The van der Waals surface area contributed by atoms with Crippen molar-refractivity contribution in [3.05, 3.63) is 46.2 Å². The van der Waals surface area contributed by atoms with Crippen LogP contribution in [0, 0.1) is 0 Å². The van der Waals surface area contributed by atoms with Crippen LogP contribution in [0.3, 0.4) is 0 Å². The second kappa shape index (κ2) is 7.82. The van der Waals surface area contributed by atoms with Crippen molar-refractivity contribution >= 4 is 34.5 Å². The Bertz CT molecular complexity index is 772. The van der Waals surface area contributed by atoms with Crippen LogP contribution in [-0.2, 0) is 9.53 Å². The van der Waals surface area contributed by atoms with Crippen molar-refractivity contribution in [2.45, 2.75) is 12.5 Å². The molecule has 0 fully saturated rings. The van der Waals surface area contributed by atoms with Crippen LogP contribution in [0.15, 0.2) is 35.1 Å². The van der Waals surface area contributed by atoms with Gasteiger partial charge in [0.2, 0.25) is 5.56 Å². The van der Waals surface area contributed by atoms with E-state index in [1.807, 2.05) is 6.26 Å². The summed E-state index contributed by atoms with van der Waals surface area (Å²) in [6.45, 7) is 0. The first kappa shape index (κ1) is 17.1. The van der Waals surface area contributed by atoms with E-state index in [4.69, 9.17) is 4.74 Å². The first-order chi connectivity index (χ1) is 11.1. The van der Waals surface area contributed by atoms with Crippen LogP contribution < -0.4 is 10.9 Å². The summed E-state index contributed by atoms with van der Waals surface area (Å²) in [5.41, 5.74) is 0.443. The minimum Gasteiger partial charge on any atom is -0.467 e. The Hall–Kier alpha value is -2.28. The zero-order valence-electron chi connectivity index (χ0n) is 12.9. The lowest BCUT2D eigenvalue weighted by molar-refractivity contribution is -0.142. The molecule has 2 aromatic rings. The molecule has 0 aliphatic rings. The summed E-state index contributed by atoms with van der Waals surface area (Å²) in [5.74, 6) is -0.263. The van der Waals surface area contributed by atoms with E-state index in [1.54, 1.807) is 36.0 Å². The molecule has 0 spiro atoms. The smallest absolute Gasteiger partial charge is 0.328 e. The van der Waals surface area contributed by atoms with Gasteiger partial charge in [0.25, 0.3) is 5.91 Å². The topological polar surface area (TPSA) is 88.3 Å². The Morgan fingerprint density at radius 2 is 2.09 bits per heavy atom. The van der Waals surface area contributed by atoms with Gasteiger partial charge in [-0.15, -0.1) is 0 Å². The highest BCUT2D eigenvalue weighted by Gasteiger charge is 2.22. The molecule has 7 heteroatoms. The zero-order chi connectivity index (χ0) is 16.8. The van der Waals surface area contributed by atoms with Gasteiger partial charge in [0, 0.05) is 17.0 Å². The molecule has 0 saturated heterocycles. The number of rotatable bonds is 6. The van der Waals surface area contributed by atoms with Crippen molar-refractivity contribution in [3.63, 3.8) is 0 Å². The molecule has 1 heterocycles. The standard InChI is InChI=1S/C16H18N2O4S/c1-22-16(21)13(7-8-23-2)18-15(20)11-9-14(19)17-12-6-4-3-5-10(11)12/h3-6,9,13H,7-8H2,1-2H3,(H,17,19)(H,18,20). The minimum absolute atomic E-state index is 0.238. The third-order valence-electron chi connectivity index (χ3n) is 3.40. The van der Waals surface area contributed by atoms with Gasteiger partial charge in [-0.25, -0.2) is 4.79 Å². The number of benzene rings is 1. The maximum Gasteiger partial charge on any atom is 0.328 e. The molecule has 23 heavy (non-hydrogen) atoms. The first-order valence-corrected chi connectivity index (χ1v) is 8.46. The number of esters is 1. The molecule has 6 nitrogen and oxygen atoms in total. The molecule has 1 aromatic heterocycles. The van der Waals surface area contributed by atoms with Gasteiger partial charge in [0.1, 0.15) is 6.04 Å². The SMILES string of the molecule is COC(=O)C(CCSC)NC(=O)c1cc(=O)[nH]c2ccccc12. The quantitative estimate of drug-likeness (QED) is 0.783. The lowest BCUT2D eigenvalue weighted by atomic mass is 10.1. The number of H-pyrrole nitrogens is 1. The van der Waals surface area contributed by atoms with Gasteiger partial charge in [-0.3, -0.25) is 9.59 Å². The van der Waals surface area contributed by atoms with Crippen LogP contribution in [0.25, 0.3) is 10.9 Å². The van der Waals surface area contributed by atoms with E-state index in [1.165, 1.54) is 13.2 Å². The van der Waals surface area contributed by atoms with Crippen LogP contribution in [0.5, 0.6) is 0 Å². The summed E-state index contributed by atoms with van der Waals surface area (Å²) in [5, 5.41) is 3.28. The Morgan fingerprint density at radius 3 is 2.78 bits per heavy atom. The van der Waals surface area contributed by atoms with Gasteiger partial charge in [0.15, 0.2) is 0 Å². The molecule has 122 valence electrons. The fourth-order valence-electron chi connectivity index (χ4n) is 2.26. The summed E-state index contributed by atoms with van der Waals surface area (Å²) in [6.07, 6.45) is 2.38. The number of pyridine rings is 1. The first-order valence-electron chi connectivity index (χ1n) is 7.06. The molecule has 0 aliphatic heterocycles. The number of thioether (sulfide) groups is 1. The van der Waals surface area contributed by atoms with Crippen molar-refractivity contribution in [2.75, 3.05) is 19.1 Å². The molecule has 0 aliphatic carbocycles. The summed E-state index contributed by atoms with van der Waals surface area (Å²) in [4.78, 5) is 38.7. The normalized spacial score (nSPS) is 11.9. The number of carbonyl (C=O) groups excluding carboxylic acids is 2. The number of fused-ring (bicyclic) bond motifs is 1. The number of hydrogen-bond donors (Lipinski definition) is 2. The van der Waals surface area contributed by atoms with Crippen LogP contribution in [0.4, 0.5) is 0 Å². The highest BCUT2D eigenvalue weighted by atomic mass is 32.2. The Balaban J connectivity index is 2.32. The largest absolute Gasteiger partial charge is 0.467 e. The van der Waals surface area contributed by atoms with Crippen LogP contribution in [0.1, 0.15) is 16.8 Å². The number of aromatic nitrogens is 1. The maximum atomic E-state index is 12.5. The number of nitrogens with one attached hydrogen (secondary N) is 2. The Labute approximate surface area is 137 Å². The monoisotopic (exact) mass is 334 g/mol. The average Bonchev–Trinajstić information content (AvgIpc) is 2.56. The van der Waals surface area contributed by atoms with E-state index in [2.05, 4.69) is 10.3 Å². The lowest BCUT2D eigenvalue weighted by Gasteiger charge is -2.16. The van der Waals surface area contributed by atoms with Gasteiger partial charge < -0.3 is 15.0 Å². The number of carbonyl (C=O) groups is 2. The number of para-hydroxylation sites is 1. The number of aromatic amines is 1. The molecule has 2 rings (SSSR count). The number of ether oxygens (including phenoxy) is 1. The van der Waals surface area contributed by atoms with Crippen LogP contribution in [0.2, 0.25) is 0 Å². The molecule has 1 aromatic carbocycles. The number of methoxy groups -OCH3 is 1. The number of amides is 1. The molecule has 1 amide bonds. The van der Waals surface area contributed by atoms with Gasteiger partial charge in [-0.2, -0.15) is 11.8 Å². The van der Waals surface area contributed by atoms with Crippen molar-refractivity contribution < 1.29 is 14.3 Å². The molecule has 1 atom stereocenters. The molecule has 0 bridgehead atoms. The van der Waals surface area contributed by atoms with E-state index < -0.39 is 17.9 Å². The predicted octanol–water partition coefficient (Wildman–Crippen LogP) is 1.55. The van der Waals surface area contributed by atoms with E-state index in [0.717, 1.165) is 0 Å². The number of hydrogen-bond acceptors (Lipinski definition) is 5. The highest BCUT2D eigenvalue weighted by molar-refractivity contribution is 7.98. The summed E-state index contributed by atoms with van der Waals surface area (Å²) >= 11 is 1.57. The van der Waals surface area contributed by atoms with E-state index in [0.29, 0.717) is 23.1 Å². The molecule has 1 unspecified atom stereocenters. The molecular weight excluding hydrogens is 316 g/mol. The molecule has 2 N–H and O–H groups in total. The summed E-state index contributed by atoms with van der Waals surface area (Å²) in [6, 6.07) is 7.52. The Kier molecular flexibility index (Phi) is 5.81. The minimum atomic E-state index is -0.738. The fraction of sp³-hybridized carbons (Fsp3) is 0.312. The van der Waals surface area contributed by atoms with E-state index in [-0.39, 0.29) is 11.1 Å². The summed E-state index contributed by atoms with van der Waals surface area (Å²) in [7, 11) is 1.28.